The van der Waals surface area contributed by atoms with Gasteiger partial charge in [-0.3, -0.25) is 9.59 Å². The van der Waals surface area contributed by atoms with Gasteiger partial charge in [-0.05, 0) is 35.3 Å². The molecule has 1 N–H and O–H groups in total. The van der Waals surface area contributed by atoms with Crippen molar-refractivity contribution in [3.63, 3.8) is 0 Å². The zero-order valence-corrected chi connectivity index (χ0v) is 16.0. The monoisotopic (exact) mass is 393 g/mol. The van der Waals surface area contributed by atoms with Crippen LogP contribution in [0.15, 0.2) is 41.7 Å². The molecule has 3 aliphatic heterocycles. The minimum absolute atomic E-state index is 0.000724. The Labute approximate surface area is 166 Å². The van der Waals surface area contributed by atoms with Gasteiger partial charge in [-0.15, -0.1) is 11.3 Å². The molecule has 5 rings (SSSR count). The first-order valence-electron chi connectivity index (χ1n) is 9.28. The van der Waals surface area contributed by atoms with E-state index < -0.39 is 0 Å². The molecule has 1 fully saturated rings. The van der Waals surface area contributed by atoms with Crippen LogP contribution in [0.1, 0.15) is 17.5 Å². The van der Waals surface area contributed by atoms with Crippen LogP contribution in [-0.4, -0.2) is 46.3 Å². The van der Waals surface area contributed by atoms with Gasteiger partial charge in [0, 0.05) is 62.0 Å². The molecule has 0 unspecified atom stereocenters. The van der Waals surface area contributed by atoms with Gasteiger partial charge in [0.05, 0.1) is 0 Å². The molecule has 0 bridgehead atoms. The summed E-state index contributed by atoms with van der Waals surface area (Å²) < 4.78 is 0. The smallest absolute Gasteiger partial charge is 0.246 e. The number of nitrogens with zero attached hydrogens (tertiary/aromatic N) is 4. The minimum atomic E-state index is 0.000724. The van der Waals surface area contributed by atoms with Crippen LogP contribution in [0, 0.1) is 5.92 Å². The van der Waals surface area contributed by atoms with Crippen LogP contribution in [0.5, 0.6) is 0 Å². The molecule has 5 heterocycles. The summed E-state index contributed by atoms with van der Waals surface area (Å²) in [5.41, 5.74) is 3.18. The molecule has 0 aliphatic carbocycles. The summed E-state index contributed by atoms with van der Waals surface area (Å²) in [6.45, 7) is 2.30. The Morgan fingerprint density at radius 3 is 3.04 bits per heavy atom. The van der Waals surface area contributed by atoms with Crippen molar-refractivity contribution in [1.29, 1.82) is 0 Å². The zero-order chi connectivity index (χ0) is 19.1. The van der Waals surface area contributed by atoms with E-state index in [9.17, 15) is 9.59 Å². The first-order chi connectivity index (χ1) is 13.7. The van der Waals surface area contributed by atoms with E-state index in [0.717, 1.165) is 29.3 Å². The lowest BCUT2D eigenvalue weighted by molar-refractivity contribution is -0.125. The van der Waals surface area contributed by atoms with Crippen molar-refractivity contribution in [2.75, 3.05) is 29.9 Å². The molecule has 0 radical (unpaired) electrons. The lowest BCUT2D eigenvalue weighted by Crippen LogP contribution is -2.29. The molecule has 0 spiro atoms. The van der Waals surface area contributed by atoms with Crippen molar-refractivity contribution in [1.82, 2.24) is 14.9 Å². The highest BCUT2D eigenvalue weighted by atomic mass is 32.1. The number of nitrogens with one attached hydrogen (secondary N) is 1. The number of aryl methyl sites for hydroxylation is 1. The number of thiazole rings is 1. The number of hydrogen-bond acceptors (Lipinski definition) is 6. The summed E-state index contributed by atoms with van der Waals surface area (Å²) in [6.07, 6.45) is 10.2. The Balaban J connectivity index is 1.24. The number of fused-ring (bicyclic) bond motifs is 2. The number of aromatic nitrogens is 2. The molecule has 2 aromatic rings. The molecule has 0 saturated carbocycles. The van der Waals surface area contributed by atoms with E-state index in [4.69, 9.17) is 0 Å². The van der Waals surface area contributed by atoms with Crippen molar-refractivity contribution >= 4 is 40.2 Å². The van der Waals surface area contributed by atoms with Crippen LogP contribution >= 0.6 is 11.3 Å². The lowest BCUT2D eigenvalue weighted by atomic mass is 10.0. The van der Waals surface area contributed by atoms with Crippen LogP contribution < -0.4 is 10.2 Å². The van der Waals surface area contributed by atoms with Gasteiger partial charge >= 0.3 is 0 Å². The van der Waals surface area contributed by atoms with Crippen molar-refractivity contribution in [3.05, 3.63) is 52.8 Å². The Bertz CT molecular complexity index is 998. The second kappa shape index (κ2) is 6.87. The van der Waals surface area contributed by atoms with E-state index in [0.29, 0.717) is 31.1 Å². The summed E-state index contributed by atoms with van der Waals surface area (Å²) in [5.74, 6) is 1.03. The highest BCUT2D eigenvalue weighted by Gasteiger charge is 2.35. The van der Waals surface area contributed by atoms with E-state index in [-0.39, 0.29) is 11.8 Å². The molecule has 28 heavy (non-hydrogen) atoms. The SMILES string of the molecule is O=C1CCc2cc(/C=C/C(=O)N3CC4=CN(c5nccs5)C[C@@H]4C3)cnc2N1. The van der Waals surface area contributed by atoms with Gasteiger partial charge in [0.25, 0.3) is 0 Å². The fourth-order valence-electron chi connectivity index (χ4n) is 3.91. The van der Waals surface area contributed by atoms with Crippen LogP contribution in [0.3, 0.4) is 0 Å². The summed E-state index contributed by atoms with van der Waals surface area (Å²) in [5, 5.41) is 5.76. The molecular formula is C20H19N5O2S. The summed E-state index contributed by atoms with van der Waals surface area (Å²) in [6, 6.07) is 1.98. The standard InChI is InChI=1S/C20H19N5O2S/c26-17-3-2-14-7-13(8-22-19(14)23-17)1-4-18(27)24-9-15-11-25(12-16(15)10-24)20-21-5-6-28-20/h1,4-8,11,16H,2-3,9-10,12H2,(H,22,23,26)/b4-1+/t16-/m0/s1. The molecule has 3 aliphatic rings. The molecule has 0 aromatic carbocycles. The van der Waals surface area contributed by atoms with E-state index in [2.05, 4.69) is 26.4 Å². The number of carbonyl (C=O) groups excluding carboxylic acids is 2. The molecule has 7 nitrogen and oxygen atoms in total. The van der Waals surface area contributed by atoms with Gasteiger partial charge in [0.15, 0.2) is 5.13 Å². The molecule has 2 amide bonds. The van der Waals surface area contributed by atoms with Gasteiger partial charge in [0.1, 0.15) is 5.82 Å². The van der Waals surface area contributed by atoms with E-state index in [1.165, 1.54) is 5.57 Å². The van der Waals surface area contributed by atoms with Crippen molar-refractivity contribution < 1.29 is 9.59 Å². The fourth-order valence-corrected chi connectivity index (χ4v) is 4.53. The van der Waals surface area contributed by atoms with Gasteiger partial charge < -0.3 is 15.1 Å². The maximum atomic E-state index is 12.6. The number of likely N-dealkylation sites (tertiary alicyclic amines) is 1. The third kappa shape index (κ3) is 3.20. The number of amides is 2. The summed E-state index contributed by atoms with van der Waals surface area (Å²) >= 11 is 1.63. The Kier molecular flexibility index (Phi) is 4.20. The maximum absolute atomic E-state index is 12.6. The largest absolute Gasteiger partial charge is 0.334 e. The quantitative estimate of drug-likeness (QED) is 0.810. The lowest BCUT2D eigenvalue weighted by Gasteiger charge is -2.18. The molecule has 1 saturated heterocycles. The second-order valence-electron chi connectivity index (χ2n) is 7.24. The van der Waals surface area contributed by atoms with Crippen LogP contribution in [-0.2, 0) is 16.0 Å². The Morgan fingerprint density at radius 1 is 1.29 bits per heavy atom. The number of anilines is 2. The predicted octanol–water partition coefficient (Wildman–Crippen LogP) is 2.30. The van der Waals surface area contributed by atoms with E-state index in [1.807, 2.05) is 22.5 Å². The molecule has 8 heteroatoms. The third-order valence-electron chi connectivity index (χ3n) is 5.34. The first kappa shape index (κ1) is 17.1. The topological polar surface area (TPSA) is 78.4 Å². The molecular weight excluding hydrogens is 374 g/mol. The van der Waals surface area contributed by atoms with Gasteiger partial charge in [-0.25, -0.2) is 9.97 Å². The molecule has 1 atom stereocenters. The number of rotatable bonds is 3. The van der Waals surface area contributed by atoms with Gasteiger partial charge in [0.2, 0.25) is 11.8 Å². The highest BCUT2D eigenvalue weighted by Crippen LogP contribution is 2.33. The predicted molar refractivity (Wildman–Crippen MR) is 108 cm³/mol. The number of hydrogen-bond donors (Lipinski definition) is 1. The molecule has 2 aromatic heterocycles. The third-order valence-corrected chi connectivity index (χ3v) is 6.15. The van der Waals surface area contributed by atoms with Gasteiger partial charge in [-0.1, -0.05) is 0 Å². The highest BCUT2D eigenvalue weighted by molar-refractivity contribution is 7.13. The normalized spacial score (nSPS) is 20.9. The fraction of sp³-hybridized carbons (Fsp3) is 0.300. The zero-order valence-electron chi connectivity index (χ0n) is 15.2. The Hall–Kier alpha value is -3.00. The van der Waals surface area contributed by atoms with Crippen LogP contribution in [0.2, 0.25) is 0 Å². The number of carbonyl (C=O) groups is 2. The number of pyridine rings is 1. The average molecular weight is 393 g/mol. The average Bonchev–Trinajstić information content (AvgIpc) is 3.41. The van der Waals surface area contributed by atoms with E-state index >= 15 is 0 Å². The van der Waals surface area contributed by atoms with Crippen LogP contribution in [0.4, 0.5) is 10.9 Å². The summed E-state index contributed by atoms with van der Waals surface area (Å²) in [7, 11) is 0. The van der Waals surface area contributed by atoms with E-state index in [1.54, 1.807) is 29.7 Å². The maximum Gasteiger partial charge on any atom is 0.246 e. The minimum Gasteiger partial charge on any atom is -0.334 e. The van der Waals surface area contributed by atoms with Crippen molar-refractivity contribution in [2.45, 2.75) is 12.8 Å². The Morgan fingerprint density at radius 2 is 2.21 bits per heavy atom. The first-order valence-corrected chi connectivity index (χ1v) is 10.2. The van der Waals surface area contributed by atoms with Gasteiger partial charge in [-0.2, -0.15) is 0 Å². The van der Waals surface area contributed by atoms with Crippen LogP contribution in [0.25, 0.3) is 6.08 Å². The molecule has 142 valence electrons. The summed E-state index contributed by atoms with van der Waals surface area (Å²) in [4.78, 5) is 36.7. The van der Waals surface area contributed by atoms with Crippen molar-refractivity contribution in [2.24, 2.45) is 5.92 Å². The van der Waals surface area contributed by atoms with Crippen molar-refractivity contribution in [3.8, 4) is 0 Å². The second-order valence-corrected chi connectivity index (χ2v) is 8.12.